The smallest absolute Gasteiger partial charge is 0.261 e. The molecule has 1 N–H and O–H groups in total. The summed E-state index contributed by atoms with van der Waals surface area (Å²) in [6.45, 7) is 0. The third kappa shape index (κ3) is 2.96. The average Bonchev–Trinajstić information content (AvgIpc) is 3.03. The summed E-state index contributed by atoms with van der Waals surface area (Å²) in [5.74, 6) is 3.46. The summed E-state index contributed by atoms with van der Waals surface area (Å²) in [5, 5.41) is 3.19. The lowest BCUT2D eigenvalue weighted by atomic mass is 10.1. The second-order valence-electron chi connectivity index (χ2n) is 5.29. The lowest BCUT2D eigenvalue weighted by molar-refractivity contribution is 0.0934. The molecule has 0 saturated heterocycles. The number of carbonyl (C=O) groups is 1. The molecular weight excluding hydrogens is 298 g/mol. The topological polar surface area (TPSA) is 29.1 Å². The highest BCUT2D eigenvalue weighted by molar-refractivity contribution is 7.98. The largest absolute Gasteiger partial charge is 0.348 e. The van der Waals surface area contributed by atoms with Gasteiger partial charge in [-0.15, -0.1) is 22.9 Å². The number of halogens is 1. The van der Waals surface area contributed by atoms with Crippen molar-refractivity contribution in [3.05, 3.63) is 21.4 Å². The summed E-state index contributed by atoms with van der Waals surface area (Å²) >= 11 is 9.60. The van der Waals surface area contributed by atoms with Crippen LogP contribution in [-0.4, -0.2) is 23.6 Å². The first-order valence-corrected chi connectivity index (χ1v) is 9.34. The van der Waals surface area contributed by atoms with Crippen molar-refractivity contribution in [3.8, 4) is 0 Å². The van der Waals surface area contributed by atoms with E-state index in [2.05, 4.69) is 11.4 Å². The molecule has 19 heavy (non-hydrogen) atoms. The van der Waals surface area contributed by atoms with Crippen LogP contribution in [0.15, 0.2) is 6.07 Å². The van der Waals surface area contributed by atoms with Crippen molar-refractivity contribution in [1.29, 1.82) is 0 Å². The molecule has 0 radical (unpaired) electrons. The molecule has 1 saturated carbocycles. The van der Waals surface area contributed by atoms with Crippen molar-refractivity contribution < 1.29 is 4.79 Å². The van der Waals surface area contributed by atoms with Gasteiger partial charge < -0.3 is 5.32 Å². The second kappa shape index (κ2) is 6.06. The highest BCUT2D eigenvalue weighted by Crippen LogP contribution is 2.32. The Bertz CT molecular complexity index is 451. The summed E-state index contributed by atoms with van der Waals surface area (Å²) in [6.07, 6.45) is 4.52. The predicted molar refractivity (Wildman–Crippen MR) is 83.5 cm³/mol. The van der Waals surface area contributed by atoms with E-state index in [0.717, 1.165) is 29.9 Å². The van der Waals surface area contributed by atoms with Crippen LogP contribution in [0.4, 0.5) is 0 Å². The van der Waals surface area contributed by atoms with Crippen LogP contribution in [0.3, 0.4) is 0 Å². The zero-order valence-electron chi connectivity index (χ0n) is 10.8. The number of thioether (sulfide) groups is 1. The van der Waals surface area contributed by atoms with Crippen molar-refractivity contribution >= 4 is 40.6 Å². The van der Waals surface area contributed by atoms with E-state index in [1.807, 2.05) is 11.8 Å². The molecule has 1 aliphatic heterocycles. The molecule has 1 aliphatic carbocycles. The van der Waals surface area contributed by atoms with E-state index < -0.39 is 0 Å². The van der Waals surface area contributed by atoms with Gasteiger partial charge in [0.1, 0.15) is 0 Å². The number of hydrogen-bond acceptors (Lipinski definition) is 3. The van der Waals surface area contributed by atoms with Crippen LogP contribution in [0.5, 0.6) is 0 Å². The number of alkyl halides is 1. The molecule has 2 nitrogen and oxygen atoms in total. The maximum Gasteiger partial charge on any atom is 0.261 e. The molecule has 0 bridgehead atoms. The zero-order chi connectivity index (χ0) is 13.2. The number of fused-ring (bicyclic) bond motifs is 1. The van der Waals surface area contributed by atoms with Gasteiger partial charge in [-0.2, -0.15) is 11.8 Å². The van der Waals surface area contributed by atoms with E-state index in [0.29, 0.717) is 11.8 Å². The van der Waals surface area contributed by atoms with Gasteiger partial charge in [0.25, 0.3) is 5.91 Å². The van der Waals surface area contributed by atoms with Crippen molar-refractivity contribution in [1.82, 2.24) is 5.32 Å². The molecule has 1 fully saturated rings. The Morgan fingerprint density at radius 1 is 1.47 bits per heavy atom. The van der Waals surface area contributed by atoms with E-state index in [1.54, 1.807) is 11.3 Å². The highest BCUT2D eigenvalue weighted by Gasteiger charge is 2.28. The Morgan fingerprint density at radius 2 is 2.37 bits per heavy atom. The lowest BCUT2D eigenvalue weighted by Crippen LogP contribution is -2.37. The van der Waals surface area contributed by atoms with Gasteiger partial charge in [-0.1, -0.05) is 6.42 Å². The molecule has 0 spiro atoms. The number of thiophene rings is 1. The quantitative estimate of drug-likeness (QED) is 0.862. The van der Waals surface area contributed by atoms with Crippen LogP contribution in [0.2, 0.25) is 0 Å². The Kier molecular flexibility index (Phi) is 4.40. The molecule has 2 atom stereocenters. The van der Waals surface area contributed by atoms with E-state index >= 15 is 0 Å². The molecule has 1 amide bonds. The number of rotatable bonds is 3. The first kappa shape index (κ1) is 13.8. The Hall–Kier alpha value is -0.190. The number of amides is 1. The molecule has 1 aromatic rings. The minimum atomic E-state index is 0.103. The minimum Gasteiger partial charge on any atom is -0.348 e. The summed E-state index contributed by atoms with van der Waals surface area (Å²) in [6, 6.07) is 2.37. The first-order valence-electron chi connectivity index (χ1n) is 6.84. The van der Waals surface area contributed by atoms with Crippen LogP contribution in [0.1, 0.15) is 39.4 Å². The van der Waals surface area contributed by atoms with Gasteiger partial charge in [0.2, 0.25) is 0 Å². The summed E-state index contributed by atoms with van der Waals surface area (Å²) in [7, 11) is 0. The fraction of sp³-hybridized carbons (Fsp3) is 0.643. The molecular formula is C14H18ClNOS2. The summed E-state index contributed by atoms with van der Waals surface area (Å²) in [5.41, 5.74) is 1.37. The number of hydrogen-bond donors (Lipinski definition) is 1. The minimum absolute atomic E-state index is 0.103. The van der Waals surface area contributed by atoms with E-state index in [9.17, 15) is 4.79 Å². The normalized spacial score (nSPS) is 26.2. The van der Waals surface area contributed by atoms with Gasteiger partial charge >= 0.3 is 0 Å². The van der Waals surface area contributed by atoms with Crippen molar-refractivity contribution in [2.75, 3.05) is 11.6 Å². The van der Waals surface area contributed by atoms with Crippen LogP contribution in [0.25, 0.3) is 0 Å². The Morgan fingerprint density at radius 3 is 3.16 bits per heavy atom. The van der Waals surface area contributed by atoms with Gasteiger partial charge in [-0.05, 0) is 42.6 Å². The lowest BCUT2D eigenvalue weighted by Gasteiger charge is -2.18. The molecule has 5 heteroatoms. The zero-order valence-corrected chi connectivity index (χ0v) is 13.2. The third-order valence-corrected chi connectivity index (χ3v) is 6.67. The molecule has 104 valence electrons. The number of carbonyl (C=O) groups excluding carboxylic acids is 1. The molecule has 0 aromatic carbocycles. The maximum atomic E-state index is 12.3. The summed E-state index contributed by atoms with van der Waals surface area (Å²) in [4.78, 5) is 14.6. The van der Waals surface area contributed by atoms with Crippen molar-refractivity contribution in [3.63, 3.8) is 0 Å². The molecule has 2 unspecified atom stereocenters. The number of nitrogens with one attached hydrogen (secondary N) is 1. The number of aryl methyl sites for hydroxylation is 1. The van der Waals surface area contributed by atoms with E-state index in [4.69, 9.17) is 11.6 Å². The monoisotopic (exact) mass is 315 g/mol. The van der Waals surface area contributed by atoms with Crippen LogP contribution >= 0.6 is 34.7 Å². The van der Waals surface area contributed by atoms with Crippen molar-refractivity contribution in [2.24, 2.45) is 5.92 Å². The van der Waals surface area contributed by atoms with Gasteiger partial charge in [-0.3, -0.25) is 4.79 Å². The molecule has 2 aliphatic rings. The van der Waals surface area contributed by atoms with Crippen LogP contribution < -0.4 is 5.32 Å². The highest BCUT2D eigenvalue weighted by atomic mass is 35.5. The molecule has 1 aromatic heterocycles. The standard InChI is InChI=1S/C14H18ClNOS2/c15-7-9-2-1-3-11(9)16-14(17)13-6-10-8-18-5-4-12(10)19-13/h6,9,11H,1-5,7-8H2,(H,16,17). The third-order valence-electron chi connectivity index (χ3n) is 4.03. The Labute approximate surface area is 127 Å². The Balaban J connectivity index is 1.68. The fourth-order valence-corrected chi connectivity index (χ4v) is 5.55. The van der Waals surface area contributed by atoms with Crippen LogP contribution in [-0.2, 0) is 12.2 Å². The SMILES string of the molecule is O=C(NC1CCCC1CCl)c1cc2c(s1)CCSC2. The van der Waals surface area contributed by atoms with E-state index in [1.165, 1.54) is 22.6 Å². The molecule has 2 heterocycles. The fourth-order valence-electron chi connectivity index (χ4n) is 2.91. The average molecular weight is 316 g/mol. The van der Waals surface area contributed by atoms with Gasteiger partial charge in [0.05, 0.1) is 4.88 Å². The van der Waals surface area contributed by atoms with E-state index in [-0.39, 0.29) is 11.9 Å². The predicted octanol–water partition coefficient (Wildman–Crippen LogP) is 3.67. The first-order chi connectivity index (χ1) is 9.28. The maximum absolute atomic E-state index is 12.3. The molecule has 3 rings (SSSR count). The van der Waals surface area contributed by atoms with Gasteiger partial charge in [0, 0.05) is 22.6 Å². The van der Waals surface area contributed by atoms with Crippen molar-refractivity contribution in [2.45, 2.75) is 37.5 Å². The summed E-state index contributed by atoms with van der Waals surface area (Å²) < 4.78 is 0. The van der Waals surface area contributed by atoms with Gasteiger partial charge in [-0.25, -0.2) is 0 Å². The van der Waals surface area contributed by atoms with Gasteiger partial charge in [0.15, 0.2) is 0 Å². The second-order valence-corrected chi connectivity index (χ2v) is 7.84. The van der Waals surface area contributed by atoms with Crippen LogP contribution in [0, 0.1) is 5.92 Å².